The highest BCUT2D eigenvalue weighted by Gasteiger charge is 2.59. The number of aliphatic imine (C=N–C) groups is 1. The maximum atomic E-state index is 11.5. The standard InChI is InChI=1S/C15H25N5O3/c1-15(2)11(9-4-7-23-12(9)15)19-13(16-3)17-5-6-20-10(21)8-18-14(20)22/h9,11-12H,4-8H2,1-3H3,(H,18,22)(H2,16,17,19). The quantitative estimate of drug-likeness (QED) is 0.369. The second-order valence-electron chi connectivity index (χ2n) is 6.89. The van der Waals surface area contributed by atoms with Gasteiger partial charge in [0.05, 0.1) is 12.6 Å². The van der Waals surface area contributed by atoms with Crippen molar-refractivity contribution in [2.24, 2.45) is 16.3 Å². The molecule has 2 aliphatic heterocycles. The van der Waals surface area contributed by atoms with Crippen molar-refractivity contribution in [3.8, 4) is 0 Å². The summed E-state index contributed by atoms with van der Waals surface area (Å²) in [6.07, 6.45) is 1.40. The molecule has 0 aromatic carbocycles. The van der Waals surface area contributed by atoms with E-state index < -0.39 is 0 Å². The van der Waals surface area contributed by atoms with E-state index in [4.69, 9.17) is 4.74 Å². The third-order valence-electron chi connectivity index (χ3n) is 5.18. The van der Waals surface area contributed by atoms with Crippen LogP contribution in [0.25, 0.3) is 0 Å². The van der Waals surface area contributed by atoms with E-state index in [2.05, 4.69) is 34.8 Å². The molecule has 2 heterocycles. The minimum atomic E-state index is -0.328. The van der Waals surface area contributed by atoms with Crippen LogP contribution in [0, 0.1) is 11.3 Å². The fraction of sp³-hybridized carbons (Fsp3) is 0.800. The molecular formula is C15H25N5O3. The minimum absolute atomic E-state index is 0.0730. The Kier molecular flexibility index (Phi) is 4.18. The van der Waals surface area contributed by atoms with Crippen molar-refractivity contribution < 1.29 is 14.3 Å². The second-order valence-corrected chi connectivity index (χ2v) is 6.89. The van der Waals surface area contributed by atoms with Crippen molar-refractivity contribution in [1.82, 2.24) is 20.9 Å². The predicted octanol–water partition coefficient (Wildman–Crippen LogP) is -0.483. The molecule has 0 bridgehead atoms. The van der Waals surface area contributed by atoms with E-state index in [9.17, 15) is 9.59 Å². The first-order valence-electron chi connectivity index (χ1n) is 8.12. The summed E-state index contributed by atoms with van der Waals surface area (Å²) < 4.78 is 5.80. The van der Waals surface area contributed by atoms with Crippen LogP contribution in [0.5, 0.6) is 0 Å². The van der Waals surface area contributed by atoms with Gasteiger partial charge in [-0.2, -0.15) is 0 Å². The molecule has 3 fully saturated rings. The Balaban J connectivity index is 1.49. The molecule has 23 heavy (non-hydrogen) atoms. The zero-order chi connectivity index (χ0) is 16.6. The summed E-state index contributed by atoms with van der Waals surface area (Å²) in [6.45, 7) is 6.13. The number of ether oxygens (including phenoxy) is 1. The van der Waals surface area contributed by atoms with Gasteiger partial charge in [-0.15, -0.1) is 0 Å². The Bertz CT molecular complexity index is 517. The smallest absolute Gasteiger partial charge is 0.324 e. The van der Waals surface area contributed by atoms with Crippen LogP contribution in [0.3, 0.4) is 0 Å². The first kappa shape index (κ1) is 16.0. The topological polar surface area (TPSA) is 95.1 Å². The van der Waals surface area contributed by atoms with Gasteiger partial charge in [0, 0.05) is 44.1 Å². The lowest BCUT2D eigenvalue weighted by molar-refractivity contribution is -0.124. The number of nitrogens with one attached hydrogen (secondary N) is 3. The number of rotatable bonds is 4. The predicted molar refractivity (Wildman–Crippen MR) is 85.0 cm³/mol. The molecule has 0 radical (unpaired) electrons. The minimum Gasteiger partial charge on any atom is -0.377 e. The lowest BCUT2D eigenvalue weighted by Gasteiger charge is -2.54. The summed E-state index contributed by atoms with van der Waals surface area (Å²) in [5.41, 5.74) is 0.0730. The van der Waals surface area contributed by atoms with E-state index in [0.29, 0.717) is 37.1 Å². The van der Waals surface area contributed by atoms with E-state index in [-0.39, 0.29) is 23.9 Å². The summed E-state index contributed by atoms with van der Waals surface area (Å²) in [7, 11) is 1.72. The van der Waals surface area contributed by atoms with Crippen molar-refractivity contribution in [1.29, 1.82) is 0 Å². The normalized spacial score (nSPS) is 32.4. The van der Waals surface area contributed by atoms with E-state index in [1.807, 2.05) is 0 Å². The average Bonchev–Trinajstić information content (AvgIpc) is 3.10. The van der Waals surface area contributed by atoms with Gasteiger partial charge in [0.25, 0.3) is 0 Å². The molecule has 0 aromatic heterocycles. The van der Waals surface area contributed by atoms with Crippen LogP contribution in [0.1, 0.15) is 20.3 Å². The van der Waals surface area contributed by atoms with E-state index >= 15 is 0 Å². The maximum Gasteiger partial charge on any atom is 0.324 e. The Hall–Kier alpha value is -1.83. The van der Waals surface area contributed by atoms with Crippen LogP contribution in [0.4, 0.5) is 4.79 Å². The lowest BCUT2D eigenvalue weighted by Crippen LogP contribution is -2.68. The number of carbonyl (C=O) groups is 2. The Morgan fingerprint density at radius 1 is 1.48 bits per heavy atom. The molecule has 8 nitrogen and oxygen atoms in total. The number of guanidine groups is 1. The highest BCUT2D eigenvalue weighted by Crippen LogP contribution is 2.51. The first-order valence-corrected chi connectivity index (χ1v) is 8.12. The number of hydrogen-bond donors (Lipinski definition) is 3. The zero-order valence-electron chi connectivity index (χ0n) is 13.9. The van der Waals surface area contributed by atoms with E-state index in [0.717, 1.165) is 13.0 Å². The van der Waals surface area contributed by atoms with Crippen LogP contribution in [0.2, 0.25) is 0 Å². The first-order chi connectivity index (χ1) is 10.9. The molecule has 1 aliphatic carbocycles. The molecule has 3 N–H and O–H groups in total. The van der Waals surface area contributed by atoms with Crippen LogP contribution >= 0.6 is 0 Å². The van der Waals surface area contributed by atoms with E-state index in [1.165, 1.54) is 4.90 Å². The third-order valence-corrected chi connectivity index (χ3v) is 5.18. The number of urea groups is 1. The summed E-state index contributed by atoms with van der Waals surface area (Å²) in [6, 6.07) is -0.0104. The van der Waals surface area contributed by atoms with Crippen LogP contribution < -0.4 is 16.0 Å². The molecule has 1 saturated carbocycles. The summed E-state index contributed by atoms with van der Waals surface area (Å²) in [5, 5.41) is 9.15. The third kappa shape index (κ3) is 2.75. The molecule has 2 saturated heterocycles. The van der Waals surface area contributed by atoms with Crippen molar-refractivity contribution in [2.75, 3.05) is 33.3 Å². The molecule has 0 aromatic rings. The Morgan fingerprint density at radius 2 is 2.26 bits per heavy atom. The van der Waals surface area contributed by atoms with Crippen molar-refractivity contribution in [3.63, 3.8) is 0 Å². The molecule has 3 rings (SSSR count). The molecule has 3 atom stereocenters. The van der Waals surface area contributed by atoms with Crippen LogP contribution in [-0.4, -0.2) is 68.2 Å². The number of amides is 3. The van der Waals surface area contributed by atoms with Gasteiger partial charge in [-0.3, -0.25) is 14.7 Å². The van der Waals surface area contributed by atoms with Gasteiger partial charge in [0.1, 0.15) is 0 Å². The van der Waals surface area contributed by atoms with Gasteiger partial charge in [-0.1, -0.05) is 13.8 Å². The molecule has 3 unspecified atom stereocenters. The van der Waals surface area contributed by atoms with Gasteiger partial charge in [-0.05, 0) is 6.42 Å². The van der Waals surface area contributed by atoms with Gasteiger partial charge in [0.15, 0.2) is 5.96 Å². The molecule has 0 spiro atoms. The van der Waals surface area contributed by atoms with Gasteiger partial charge in [-0.25, -0.2) is 4.79 Å². The number of carbonyl (C=O) groups excluding carboxylic acids is 2. The number of imide groups is 1. The van der Waals surface area contributed by atoms with Crippen molar-refractivity contribution in [2.45, 2.75) is 32.4 Å². The average molecular weight is 323 g/mol. The van der Waals surface area contributed by atoms with Gasteiger partial charge >= 0.3 is 6.03 Å². The van der Waals surface area contributed by atoms with Crippen LogP contribution in [-0.2, 0) is 9.53 Å². The molecule has 3 aliphatic rings. The van der Waals surface area contributed by atoms with E-state index in [1.54, 1.807) is 7.05 Å². The zero-order valence-corrected chi connectivity index (χ0v) is 13.9. The summed E-state index contributed by atoms with van der Waals surface area (Å²) >= 11 is 0. The molecular weight excluding hydrogens is 298 g/mol. The fourth-order valence-corrected chi connectivity index (χ4v) is 3.93. The summed E-state index contributed by atoms with van der Waals surface area (Å²) in [4.78, 5) is 28.5. The highest BCUT2D eigenvalue weighted by atomic mass is 16.5. The van der Waals surface area contributed by atoms with Crippen LogP contribution in [0.15, 0.2) is 4.99 Å². The monoisotopic (exact) mass is 323 g/mol. The Morgan fingerprint density at radius 3 is 2.91 bits per heavy atom. The number of fused-ring (bicyclic) bond motifs is 1. The lowest BCUT2D eigenvalue weighted by atomic mass is 9.57. The maximum absolute atomic E-state index is 11.5. The Labute approximate surface area is 136 Å². The highest BCUT2D eigenvalue weighted by molar-refractivity contribution is 6.01. The van der Waals surface area contributed by atoms with Gasteiger partial charge < -0.3 is 20.7 Å². The molecule has 3 amide bonds. The largest absolute Gasteiger partial charge is 0.377 e. The van der Waals surface area contributed by atoms with Crippen molar-refractivity contribution in [3.05, 3.63) is 0 Å². The van der Waals surface area contributed by atoms with Gasteiger partial charge in [0.2, 0.25) is 5.91 Å². The fourth-order valence-electron chi connectivity index (χ4n) is 3.93. The number of hydrogen-bond acceptors (Lipinski definition) is 4. The second kappa shape index (κ2) is 5.99. The molecule has 128 valence electrons. The summed E-state index contributed by atoms with van der Waals surface area (Å²) in [5.74, 6) is 1.03. The number of nitrogens with zero attached hydrogens (tertiary/aromatic N) is 2. The SMILES string of the molecule is CN=C(NCCN1C(=O)CNC1=O)NC1C2CCOC2C1(C)C. The molecule has 8 heteroatoms. The van der Waals surface area contributed by atoms with Crippen molar-refractivity contribution >= 4 is 17.9 Å².